The molecule has 0 aliphatic heterocycles. The first kappa shape index (κ1) is 7.19. The lowest BCUT2D eigenvalue weighted by atomic mass is 10.2. The summed E-state index contributed by atoms with van der Waals surface area (Å²) in [5.41, 5.74) is 1.34. The molecule has 0 aliphatic carbocycles. The topological polar surface area (TPSA) is 0 Å². The van der Waals surface area contributed by atoms with Crippen molar-refractivity contribution in [3.05, 3.63) is 35.9 Å². The van der Waals surface area contributed by atoms with Crippen molar-refractivity contribution in [3.63, 3.8) is 0 Å². The second kappa shape index (κ2) is 3.30. The zero-order valence-corrected chi connectivity index (χ0v) is 7.43. The molecule has 0 radical (unpaired) electrons. The summed E-state index contributed by atoms with van der Waals surface area (Å²) in [5, 5.41) is 0.492. The van der Waals surface area contributed by atoms with Crippen molar-refractivity contribution in [2.24, 2.45) is 0 Å². The molecule has 9 heavy (non-hydrogen) atoms. The molecule has 0 N–H and O–H groups in total. The Hall–Kier alpha value is 0.0800. The first-order valence-electron chi connectivity index (χ1n) is 2.87. The first-order valence-corrected chi connectivity index (χ1v) is 4.20. The molecule has 0 aliphatic rings. The van der Waals surface area contributed by atoms with Gasteiger partial charge in [0.2, 0.25) is 0 Å². The summed E-state index contributed by atoms with van der Waals surface area (Å²) < 4.78 is 0. The normalized spacial score (nSPS) is 10.1. The van der Waals surface area contributed by atoms with E-state index >= 15 is 0 Å². The summed E-state index contributed by atoms with van der Waals surface area (Å²) in [7, 11) is 5.47. The molecule has 0 saturated carbocycles. The van der Waals surface area contributed by atoms with Gasteiger partial charge in [0.05, 0.1) is 0 Å². The molecule has 1 aromatic carbocycles. The van der Waals surface area contributed by atoms with Crippen molar-refractivity contribution < 1.29 is 0 Å². The first-order chi connectivity index (χ1) is 4.30. The van der Waals surface area contributed by atoms with Gasteiger partial charge < -0.3 is 0 Å². The van der Waals surface area contributed by atoms with E-state index in [1.807, 2.05) is 6.07 Å². The molecule has 1 rings (SSSR count). The second-order valence-corrected chi connectivity index (χ2v) is 4.14. The Kier molecular flexibility index (Phi) is 2.64. The predicted molar refractivity (Wildman–Crippen MR) is 48.6 cm³/mol. The second-order valence-electron chi connectivity index (χ2n) is 1.94. The standard InChI is InChI=1S/C7H10P2/c8-7(9)6-4-2-1-3-5-6/h1-5,7H,8-9H2. The molecule has 0 heterocycles. The molecular weight excluding hydrogens is 146 g/mol. The molecule has 2 unspecified atom stereocenters. The Morgan fingerprint density at radius 1 is 1.00 bits per heavy atom. The summed E-state index contributed by atoms with van der Waals surface area (Å²) >= 11 is 0. The highest BCUT2D eigenvalue weighted by atomic mass is 31.1. The molecule has 0 amide bonds. The van der Waals surface area contributed by atoms with E-state index in [1.165, 1.54) is 5.56 Å². The molecule has 0 spiro atoms. The monoisotopic (exact) mass is 156 g/mol. The number of benzene rings is 1. The fourth-order valence-corrected chi connectivity index (χ4v) is 1.12. The SMILES string of the molecule is PC(P)c1ccccc1. The average Bonchev–Trinajstić information content (AvgIpc) is 1.90. The van der Waals surface area contributed by atoms with Crippen molar-refractivity contribution in [2.75, 3.05) is 0 Å². The highest BCUT2D eigenvalue weighted by molar-refractivity contribution is 7.37. The fraction of sp³-hybridized carbons (Fsp3) is 0.143. The smallest absolute Gasteiger partial charge is 0.0128 e. The third kappa shape index (κ3) is 2.05. The zero-order valence-electron chi connectivity index (χ0n) is 5.12. The van der Waals surface area contributed by atoms with Crippen LogP contribution in [-0.2, 0) is 0 Å². The maximum Gasteiger partial charge on any atom is 0.0128 e. The lowest BCUT2D eigenvalue weighted by Gasteiger charge is -2.01. The molecule has 2 heteroatoms. The van der Waals surface area contributed by atoms with Gasteiger partial charge in [-0.05, 0) is 5.56 Å². The van der Waals surface area contributed by atoms with E-state index in [4.69, 9.17) is 0 Å². The van der Waals surface area contributed by atoms with E-state index in [0.717, 1.165) is 0 Å². The van der Waals surface area contributed by atoms with E-state index in [-0.39, 0.29) is 0 Å². The summed E-state index contributed by atoms with van der Waals surface area (Å²) in [6, 6.07) is 10.4. The van der Waals surface area contributed by atoms with E-state index < -0.39 is 0 Å². The van der Waals surface area contributed by atoms with Crippen LogP contribution in [0, 0.1) is 0 Å². The van der Waals surface area contributed by atoms with Gasteiger partial charge in [0.15, 0.2) is 0 Å². The molecule has 0 bridgehead atoms. The Morgan fingerprint density at radius 2 is 1.56 bits per heavy atom. The highest BCUT2D eigenvalue weighted by Gasteiger charge is 1.93. The average molecular weight is 156 g/mol. The van der Waals surface area contributed by atoms with Gasteiger partial charge in [-0.3, -0.25) is 0 Å². The Labute approximate surface area is 60.5 Å². The van der Waals surface area contributed by atoms with Gasteiger partial charge in [0, 0.05) is 5.40 Å². The van der Waals surface area contributed by atoms with E-state index in [9.17, 15) is 0 Å². The minimum absolute atomic E-state index is 0.492. The van der Waals surface area contributed by atoms with Gasteiger partial charge in [-0.2, -0.15) is 0 Å². The van der Waals surface area contributed by atoms with Gasteiger partial charge in [-0.1, -0.05) is 30.3 Å². The van der Waals surface area contributed by atoms with Gasteiger partial charge >= 0.3 is 0 Å². The number of rotatable bonds is 1. The van der Waals surface area contributed by atoms with Crippen LogP contribution in [0.15, 0.2) is 30.3 Å². The van der Waals surface area contributed by atoms with Crippen molar-refractivity contribution in [2.45, 2.75) is 5.40 Å². The fourth-order valence-electron chi connectivity index (χ4n) is 0.675. The molecule has 48 valence electrons. The summed E-state index contributed by atoms with van der Waals surface area (Å²) in [5.74, 6) is 0. The van der Waals surface area contributed by atoms with Gasteiger partial charge in [-0.25, -0.2) is 0 Å². The summed E-state index contributed by atoms with van der Waals surface area (Å²) in [6.45, 7) is 0. The van der Waals surface area contributed by atoms with Gasteiger partial charge in [0.25, 0.3) is 0 Å². The van der Waals surface area contributed by atoms with Crippen molar-refractivity contribution >= 4 is 18.5 Å². The Bertz CT molecular complexity index is 170. The van der Waals surface area contributed by atoms with E-state index in [1.54, 1.807) is 0 Å². The molecule has 0 aromatic heterocycles. The molecule has 0 fully saturated rings. The van der Waals surface area contributed by atoms with Crippen LogP contribution >= 0.6 is 18.5 Å². The lowest BCUT2D eigenvalue weighted by molar-refractivity contribution is 1.39. The Balaban J connectivity index is 2.85. The maximum absolute atomic E-state index is 2.73. The predicted octanol–water partition coefficient (Wildman–Crippen LogP) is 2.44. The maximum atomic E-state index is 2.73. The summed E-state index contributed by atoms with van der Waals surface area (Å²) in [4.78, 5) is 0. The van der Waals surface area contributed by atoms with Crippen molar-refractivity contribution in [3.8, 4) is 0 Å². The van der Waals surface area contributed by atoms with Crippen LogP contribution in [0.4, 0.5) is 0 Å². The minimum Gasteiger partial charge on any atom is -0.126 e. The van der Waals surface area contributed by atoms with Crippen LogP contribution in [0.5, 0.6) is 0 Å². The van der Waals surface area contributed by atoms with Crippen molar-refractivity contribution in [1.29, 1.82) is 0 Å². The van der Waals surface area contributed by atoms with Crippen LogP contribution in [-0.4, -0.2) is 0 Å². The molecule has 0 saturated heterocycles. The van der Waals surface area contributed by atoms with Crippen LogP contribution in [0.25, 0.3) is 0 Å². The molecule has 1 aromatic rings. The summed E-state index contributed by atoms with van der Waals surface area (Å²) in [6.07, 6.45) is 0. The van der Waals surface area contributed by atoms with Gasteiger partial charge in [-0.15, -0.1) is 18.5 Å². The molecule has 2 atom stereocenters. The van der Waals surface area contributed by atoms with E-state index in [2.05, 4.69) is 42.7 Å². The third-order valence-electron chi connectivity index (χ3n) is 1.18. The minimum atomic E-state index is 0.492. The quantitative estimate of drug-likeness (QED) is 0.548. The number of hydrogen-bond acceptors (Lipinski definition) is 0. The number of hydrogen-bond donors (Lipinski definition) is 0. The molecular formula is C7H10P2. The van der Waals surface area contributed by atoms with Crippen LogP contribution in [0.3, 0.4) is 0 Å². The van der Waals surface area contributed by atoms with Gasteiger partial charge in [0.1, 0.15) is 0 Å². The third-order valence-corrected chi connectivity index (χ3v) is 1.95. The lowest BCUT2D eigenvalue weighted by Crippen LogP contribution is -1.75. The van der Waals surface area contributed by atoms with Crippen LogP contribution in [0.1, 0.15) is 11.0 Å². The van der Waals surface area contributed by atoms with E-state index in [0.29, 0.717) is 5.40 Å². The Morgan fingerprint density at radius 3 is 1.89 bits per heavy atom. The van der Waals surface area contributed by atoms with Crippen LogP contribution < -0.4 is 0 Å². The zero-order chi connectivity index (χ0) is 6.69. The molecule has 0 nitrogen and oxygen atoms in total. The highest BCUT2D eigenvalue weighted by Crippen LogP contribution is 2.28. The largest absolute Gasteiger partial charge is 0.126 e. The van der Waals surface area contributed by atoms with Crippen molar-refractivity contribution in [1.82, 2.24) is 0 Å². The van der Waals surface area contributed by atoms with Crippen LogP contribution in [0.2, 0.25) is 0 Å².